The largest absolute Gasteiger partial charge is 0.309 e. The van der Waals surface area contributed by atoms with Gasteiger partial charge in [0.1, 0.15) is 0 Å². The molecule has 22 heavy (non-hydrogen) atoms. The van der Waals surface area contributed by atoms with Crippen molar-refractivity contribution in [1.82, 2.24) is 15.1 Å². The molecule has 0 amide bonds. The summed E-state index contributed by atoms with van der Waals surface area (Å²) in [6.07, 6.45) is 1.38. The van der Waals surface area contributed by atoms with Gasteiger partial charge in [0.25, 0.3) is 0 Å². The SMILES string of the molecule is CN1CCN(C[C@@H](NC[C@H]2CCSC2)c2ccccc2)CC1. The second-order valence-corrected chi connectivity index (χ2v) is 7.85. The van der Waals surface area contributed by atoms with Crippen LogP contribution in [0.15, 0.2) is 30.3 Å². The monoisotopic (exact) mass is 319 g/mol. The second-order valence-electron chi connectivity index (χ2n) is 6.71. The average molecular weight is 320 g/mol. The van der Waals surface area contributed by atoms with Crippen molar-refractivity contribution in [3.05, 3.63) is 35.9 Å². The lowest BCUT2D eigenvalue weighted by atomic mass is 10.0. The Labute approximate surface area is 139 Å². The topological polar surface area (TPSA) is 18.5 Å². The highest BCUT2D eigenvalue weighted by Crippen LogP contribution is 2.24. The number of nitrogens with one attached hydrogen (secondary N) is 1. The molecule has 2 heterocycles. The molecule has 0 aromatic heterocycles. The minimum absolute atomic E-state index is 0.468. The third-order valence-corrected chi connectivity index (χ3v) is 6.15. The molecule has 4 heteroatoms. The zero-order chi connectivity index (χ0) is 15.2. The molecule has 0 bridgehead atoms. The Bertz CT molecular complexity index is 425. The lowest BCUT2D eigenvalue weighted by Gasteiger charge is -2.35. The fraction of sp³-hybridized carbons (Fsp3) is 0.667. The highest BCUT2D eigenvalue weighted by Gasteiger charge is 2.21. The Hall–Kier alpha value is -0.550. The molecule has 2 saturated heterocycles. The molecule has 2 atom stereocenters. The minimum Gasteiger partial charge on any atom is -0.309 e. The predicted molar refractivity (Wildman–Crippen MR) is 96.6 cm³/mol. The average Bonchev–Trinajstić information content (AvgIpc) is 3.07. The first-order valence-corrected chi connectivity index (χ1v) is 9.73. The van der Waals surface area contributed by atoms with Crippen molar-refractivity contribution < 1.29 is 0 Å². The molecule has 1 aromatic rings. The first-order valence-electron chi connectivity index (χ1n) is 8.58. The van der Waals surface area contributed by atoms with Gasteiger partial charge in [-0.15, -0.1) is 0 Å². The molecule has 2 aliphatic heterocycles. The summed E-state index contributed by atoms with van der Waals surface area (Å²) in [6, 6.07) is 11.5. The van der Waals surface area contributed by atoms with Crippen LogP contribution in [0.2, 0.25) is 0 Å². The van der Waals surface area contributed by atoms with Gasteiger partial charge in [-0.1, -0.05) is 30.3 Å². The molecular formula is C18H29N3S. The van der Waals surface area contributed by atoms with E-state index < -0.39 is 0 Å². The van der Waals surface area contributed by atoms with E-state index in [1.165, 1.54) is 56.2 Å². The molecule has 2 fully saturated rings. The lowest BCUT2D eigenvalue weighted by Crippen LogP contribution is -2.47. The first kappa shape index (κ1) is 16.3. The van der Waals surface area contributed by atoms with E-state index in [2.05, 4.69) is 64.3 Å². The molecular weight excluding hydrogens is 290 g/mol. The Morgan fingerprint density at radius 3 is 2.64 bits per heavy atom. The molecule has 3 nitrogen and oxygen atoms in total. The van der Waals surface area contributed by atoms with Gasteiger partial charge >= 0.3 is 0 Å². The zero-order valence-electron chi connectivity index (χ0n) is 13.7. The molecule has 0 aliphatic carbocycles. The molecule has 1 aromatic carbocycles. The van der Waals surface area contributed by atoms with Gasteiger partial charge < -0.3 is 10.2 Å². The van der Waals surface area contributed by atoms with Crippen molar-refractivity contribution >= 4 is 11.8 Å². The first-order chi connectivity index (χ1) is 10.8. The van der Waals surface area contributed by atoms with E-state index in [0.29, 0.717) is 6.04 Å². The van der Waals surface area contributed by atoms with Crippen LogP contribution in [0.3, 0.4) is 0 Å². The Balaban J connectivity index is 1.58. The highest BCUT2D eigenvalue weighted by atomic mass is 32.2. The number of piperazine rings is 1. The van der Waals surface area contributed by atoms with Gasteiger partial charge in [-0.3, -0.25) is 4.90 Å². The third kappa shape index (κ3) is 4.72. The summed E-state index contributed by atoms with van der Waals surface area (Å²) in [4.78, 5) is 5.05. The van der Waals surface area contributed by atoms with E-state index in [4.69, 9.17) is 0 Å². The number of hydrogen-bond acceptors (Lipinski definition) is 4. The number of thioether (sulfide) groups is 1. The summed E-state index contributed by atoms with van der Waals surface area (Å²) < 4.78 is 0. The van der Waals surface area contributed by atoms with Gasteiger partial charge in [0, 0.05) is 38.8 Å². The number of likely N-dealkylation sites (N-methyl/N-ethyl adjacent to an activating group) is 1. The summed E-state index contributed by atoms with van der Waals surface area (Å²) in [5, 5.41) is 3.87. The molecule has 0 radical (unpaired) electrons. The summed E-state index contributed by atoms with van der Waals surface area (Å²) in [6.45, 7) is 7.08. The fourth-order valence-corrected chi connectivity index (χ4v) is 4.60. The summed E-state index contributed by atoms with van der Waals surface area (Å²) in [7, 11) is 2.22. The number of hydrogen-bond donors (Lipinski definition) is 1. The zero-order valence-corrected chi connectivity index (χ0v) is 14.5. The van der Waals surface area contributed by atoms with Crippen molar-refractivity contribution in [1.29, 1.82) is 0 Å². The van der Waals surface area contributed by atoms with Crippen LogP contribution in [-0.4, -0.2) is 67.6 Å². The van der Waals surface area contributed by atoms with Gasteiger partial charge in [-0.2, -0.15) is 11.8 Å². The van der Waals surface area contributed by atoms with Crippen molar-refractivity contribution in [2.24, 2.45) is 5.92 Å². The van der Waals surface area contributed by atoms with E-state index in [0.717, 1.165) is 12.5 Å². The van der Waals surface area contributed by atoms with E-state index in [1.807, 2.05) is 0 Å². The third-order valence-electron chi connectivity index (χ3n) is 4.92. The van der Waals surface area contributed by atoms with Crippen molar-refractivity contribution in [3.8, 4) is 0 Å². The molecule has 0 unspecified atom stereocenters. The maximum atomic E-state index is 3.87. The summed E-state index contributed by atoms with van der Waals surface area (Å²) >= 11 is 2.11. The van der Waals surface area contributed by atoms with Crippen LogP contribution in [0, 0.1) is 5.92 Å². The van der Waals surface area contributed by atoms with Crippen LogP contribution in [0.1, 0.15) is 18.0 Å². The van der Waals surface area contributed by atoms with Crippen LogP contribution < -0.4 is 5.32 Å². The van der Waals surface area contributed by atoms with Crippen LogP contribution in [0.5, 0.6) is 0 Å². The van der Waals surface area contributed by atoms with Crippen molar-refractivity contribution in [2.45, 2.75) is 12.5 Å². The smallest absolute Gasteiger partial charge is 0.0449 e. The van der Waals surface area contributed by atoms with Crippen LogP contribution >= 0.6 is 11.8 Å². The van der Waals surface area contributed by atoms with E-state index in [-0.39, 0.29) is 0 Å². The van der Waals surface area contributed by atoms with E-state index >= 15 is 0 Å². The van der Waals surface area contributed by atoms with Gasteiger partial charge in [0.15, 0.2) is 0 Å². The van der Waals surface area contributed by atoms with Gasteiger partial charge in [-0.05, 0) is 43.0 Å². The molecule has 0 spiro atoms. The maximum absolute atomic E-state index is 3.87. The van der Waals surface area contributed by atoms with Crippen LogP contribution in [0.25, 0.3) is 0 Å². The van der Waals surface area contributed by atoms with Gasteiger partial charge in [0.2, 0.25) is 0 Å². The van der Waals surface area contributed by atoms with E-state index in [9.17, 15) is 0 Å². The molecule has 122 valence electrons. The lowest BCUT2D eigenvalue weighted by molar-refractivity contribution is 0.141. The highest BCUT2D eigenvalue weighted by molar-refractivity contribution is 7.99. The summed E-state index contributed by atoms with van der Waals surface area (Å²) in [5.41, 5.74) is 1.44. The van der Waals surface area contributed by atoms with Gasteiger partial charge in [0.05, 0.1) is 0 Å². The predicted octanol–water partition coefficient (Wildman–Crippen LogP) is 2.32. The van der Waals surface area contributed by atoms with E-state index in [1.54, 1.807) is 0 Å². The second kappa shape index (κ2) is 8.34. The molecule has 0 saturated carbocycles. The number of benzene rings is 1. The van der Waals surface area contributed by atoms with Crippen LogP contribution in [-0.2, 0) is 0 Å². The Morgan fingerprint density at radius 2 is 1.95 bits per heavy atom. The Morgan fingerprint density at radius 1 is 1.18 bits per heavy atom. The normalized spacial score (nSPS) is 25.4. The maximum Gasteiger partial charge on any atom is 0.0449 e. The fourth-order valence-electron chi connectivity index (χ4n) is 3.32. The standard InChI is InChI=1S/C18H29N3S/c1-20-8-10-21(11-9-20)14-18(17-5-3-2-4-6-17)19-13-16-7-12-22-15-16/h2-6,16,18-19H,7-15H2,1H3/t16-,18-/m1/s1. The summed E-state index contributed by atoms with van der Waals surface area (Å²) in [5.74, 6) is 3.55. The minimum atomic E-state index is 0.468. The quantitative estimate of drug-likeness (QED) is 0.867. The Kier molecular flexibility index (Phi) is 6.19. The number of rotatable bonds is 6. The van der Waals surface area contributed by atoms with Crippen molar-refractivity contribution in [2.75, 3.05) is 57.8 Å². The number of nitrogens with zero attached hydrogens (tertiary/aromatic N) is 2. The molecule has 2 aliphatic rings. The molecule has 3 rings (SSSR count). The molecule has 1 N–H and O–H groups in total. The van der Waals surface area contributed by atoms with Gasteiger partial charge in [-0.25, -0.2) is 0 Å². The van der Waals surface area contributed by atoms with Crippen LogP contribution in [0.4, 0.5) is 0 Å². The van der Waals surface area contributed by atoms with Crippen molar-refractivity contribution in [3.63, 3.8) is 0 Å².